The normalized spacial score (nSPS) is 30.7. The monoisotopic (exact) mass is 364 g/mol. The van der Waals surface area contributed by atoms with Gasteiger partial charge < -0.3 is 20.3 Å². The molecule has 1 spiro atoms. The van der Waals surface area contributed by atoms with E-state index in [-0.39, 0.29) is 0 Å². The highest BCUT2D eigenvalue weighted by Gasteiger charge is 2.66. The van der Waals surface area contributed by atoms with E-state index >= 15 is 0 Å². The molecule has 1 saturated heterocycles. The smallest absolute Gasteiger partial charge is 0.191 e. The third kappa shape index (κ3) is 3.89. The quantitative estimate of drug-likeness (QED) is 0.488. The second kappa shape index (κ2) is 8.92. The van der Waals surface area contributed by atoms with Crippen LogP contribution in [0.4, 0.5) is 0 Å². The molecule has 4 atom stereocenters. The van der Waals surface area contributed by atoms with Crippen LogP contribution in [0.5, 0.6) is 0 Å². The summed E-state index contributed by atoms with van der Waals surface area (Å²) >= 11 is 0. The number of aliphatic imine (C=N–C) groups is 1. The van der Waals surface area contributed by atoms with Gasteiger partial charge in [0, 0.05) is 36.6 Å². The van der Waals surface area contributed by atoms with Gasteiger partial charge in [-0.25, -0.2) is 0 Å². The Morgan fingerprint density at radius 1 is 1.27 bits per heavy atom. The summed E-state index contributed by atoms with van der Waals surface area (Å²) in [6, 6.07) is 1.01. The second-order valence-electron chi connectivity index (χ2n) is 8.49. The fourth-order valence-electron chi connectivity index (χ4n) is 5.36. The summed E-state index contributed by atoms with van der Waals surface area (Å²) in [5.41, 5.74) is 0.406. The average molecular weight is 365 g/mol. The number of fused-ring (bicyclic) bond motifs is 2. The predicted octanol–water partition coefficient (Wildman–Crippen LogP) is 3.01. The molecule has 5 nitrogen and oxygen atoms in total. The topological polar surface area (TPSA) is 48.9 Å². The largest absolute Gasteiger partial charge is 0.377 e. The van der Waals surface area contributed by atoms with Crippen molar-refractivity contribution in [1.29, 1.82) is 0 Å². The van der Waals surface area contributed by atoms with E-state index in [1.54, 1.807) is 0 Å². The Bertz CT molecular complexity index is 473. The molecule has 2 N–H and O–H groups in total. The molecule has 0 aromatic carbocycles. The number of hydrogen-bond acceptors (Lipinski definition) is 3. The van der Waals surface area contributed by atoms with Crippen molar-refractivity contribution in [3.63, 3.8) is 0 Å². The maximum atomic E-state index is 6.05. The van der Waals surface area contributed by atoms with E-state index in [1.165, 1.54) is 45.1 Å². The zero-order valence-corrected chi connectivity index (χ0v) is 17.4. The number of ether oxygens (including phenoxy) is 1. The zero-order valence-electron chi connectivity index (χ0n) is 17.4. The van der Waals surface area contributed by atoms with Crippen molar-refractivity contribution in [2.24, 2.45) is 16.3 Å². The molecule has 0 radical (unpaired) electrons. The van der Waals surface area contributed by atoms with Gasteiger partial charge in [0.15, 0.2) is 5.96 Å². The fraction of sp³-hybridized carbons (Fsp3) is 0.952. The van der Waals surface area contributed by atoms with Crippen molar-refractivity contribution in [2.45, 2.75) is 84.4 Å². The molecule has 3 aliphatic rings. The van der Waals surface area contributed by atoms with Crippen LogP contribution in [0.1, 0.15) is 66.2 Å². The molecular weight excluding hydrogens is 324 g/mol. The minimum absolute atomic E-state index is 0.406. The zero-order chi connectivity index (χ0) is 18.6. The Balaban J connectivity index is 1.49. The number of nitrogens with zero attached hydrogens (tertiary/aromatic N) is 2. The van der Waals surface area contributed by atoms with Crippen molar-refractivity contribution >= 4 is 5.96 Å². The Morgan fingerprint density at radius 3 is 2.65 bits per heavy atom. The first-order valence-electron chi connectivity index (χ1n) is 11.1. The lowest BCUT2D eigenvalue weighted by Crippen LogP contribution is -2.72. The maximum absolute atomic E-state index is 6.05. The molecule has 2 saturated carbocycles. The second-order valence-corrected chi connectivity index (χ2v) is 8.49. The number of nitrogens with one attached hydrogen (secondary N) is 2. The number of rotatable bonds is 9. The van der Waals surface area contributed by atoms with Gasteiger partial charge >= 0.3 is 0 Å². The maximum Gasteiger partial charge on any atom is 0.191 e. The van der Waals surface area contributed by atoms with Gasteiger partial charge in [0.05, 0.1) is 6.10 Å². The summed E-state index contributed by atoms with van der Waals surface area (Å²) in [4.78, 5) is 7.24. The van der Waals surface area contributed by atoms with Crippen LogP contribution in [-0.2, 0) is 4.74 Å². The van der Waals surface area contributed by atoms with Crippen LogP contribution >= 0.6 is 0 Å². The summed E-state index contributed by atoms with van der Waals surface area (Å²) in [6.07, 6.45) is 8.16. The third-order valence-electron chi connectivity index (χ3n) is 7.03. The summed E-state index contributed by atoms with van der Waals surface area (Å²) in [6.45, 7) is 14.2. The molecule has 2 aliphatic carbocycles. The van der Waals surface area contributed by atoms with Gasteiger partial charge in [0.1, 0.15) is 0 Å². The first-order valence-corrected chi connectivity index (χ1v) is 11.1. The van der Waals surface area contributed by atoms with Crippen LogP contribution in [0.2, 0.25) is 0 Å². The predicted molar refractivity (Wildman–Crippen MR) is 109 cm³/mol. The first-order chi connectivity index (χ1) is 12.6. The molecule has 3 rings (SSSR count). The van der Waals surface area contributed by atoms with Crippen molar-refractivity contribution < 1.29 is 4.74 Å². The van der Waals surface area contributed by atoms with Gasteiger partial charge in [-0.1, -0.05) is 20.3 Å². The minimum Gasteiger partial charge on any atom is -0.377 e. The van der Waals surface area contributed by atoms with Crippen molar-refractivity contribution in [1.82, 2.24) is 15.5 Å². The molecule has 3 fully saturated rings. The molecule has 150 valence electrons. The van der Waals surface area contributed by atoms with Gasteiger partial charge in [0.2, 0.25) is 0 Å². The highest BCUT2D eigenvalue weighted by molar-refractivity contribution is 5.80. The molecular formula is C21H40N4O. The Kier molecular flexibility index (Phi) is 6.84. The van der Waals surface area contributed by atoms with Crippen LogP contribution < -0.4 is 10.6 Å². The van der Waals surface area contributed by atoms with Gasteiger partial charge in [-0.3, -0.25) is 4.99 Å². The van der Waals surface area contributed by atoms with E-state index in [4.69, 9.17) is 9.73 Å². The molecule has 1 heterocycles. The summed E-state index contributed by atoms with van der Waals surface area (Å²) in [7, 11) is 0. The summed E-state index contributed by atoms with van der Waals surface area (Å²) < 4.78 is 6.05. The fourth-order valence-corrected chi connectivity index (χ4v) is 5.36. The van der Waals surface area contributed by atoms with E-state index in [9.17, 15) is 0 Å². The van der Waals surface area contributed by atoms with Gasteiger partial charge in [-0.2, -0.15) is 0 Å². The van der Waals surface area contributed by atoms with Crippen molar-refractivity contribution in [3.05, 3.63) is 0 Å². The molecule has 4 unspecified atom stereocenters. The van der Waals surface area contributed by atoms with Crippen LogP contribution in [0.3, 0.4) is 0 Å². The lowest BCUT2D eigenvalue weighted by molar-refractivity contribution is -0.171. The molecule has 26 heavy (non-hydrogen) atoms. The van der Waals surface area contributed by atoms with Crippen molar-refractivity contribution in [2.75, 3.05) is 32.8 Å². The van der Waals surface area contributed by atoms with E-state index in [1.807, 2.05) is 0 Å². The van der Waals surface area contributed by atoms with Crippen LogP contribution in [0, 0.1) is 11.3 Å². The first kappa shape index (κ1) is 19.9. The van der Waals surface area contributed by atoms with Crippen LogP contribution in [0.15, 0.2) is 4.99 Å². The summed E-state index contributed by atoms with van der Waals surface area (Å²) in [5, 5.41) is 7.49. The Labute approximate surface area is 160 Å². The molecule has 0 amide bonds. The van der Waals surface area contributed by atoms with Gasteiger partial charge in [-0.15, -0.1) is 0 Å². The average Bonchev–Trinajstić information content (AvgIpc) is 3.00. The SMILES string of the molecule is CCN=C(NC(C)CCCN(CC)CC)NC1C2CCOC2C12CCC2. The third-order valence-corrected chi connectivity index (χ3v) is 7.03. The molecule has 5 heteroatoms. The number of guanidine groups is 1. The van der Waals surface area contributed by atoms with E-state index in [0.29, 0.717) is 29.5 Å². The highest BCUT2D eigenvalue weighted by atomic mass is 16.5. The van der Waals surface area contributed by atoms with E-state index in [2.05, 4.69) is 43.2 Å². The molecule has 0 aromatic heterocycles. The lowest BCUT2D eigenvalue weighted by Gasteiger charge is -2.63. The Hall–Kier alpha value is -0.810. The van der Waals surface area contributed by atoms with Crippen LogP contribution in [-0.4, -0.2) is 61.8 Å². The highest BCUT2D eigenvalue weighted by Crippen LogP contribution is 2.62. The van der Waals surface area contributed by atoms with Crippen molar-refractivity contribution in [3.8, 4) is 0 Å². The van der Waals surface area contributed by atoms with E-state index < -0.39 is 0 Å². The molecule has 0 aromatic rings. The standard InChI is InChI=1S/C21H40N4O/c1-5-22-20(23-16(4)10-8-14-25(6-2)7-3)24-18-17-11-15-26-19(17)21(18)12-9-13-21/h16-19H,5-15H2,1-4H3,(H2,22,23,24). The van der Waals surface area contributed by atoms with E-state index in [0.717, 1.165) is 32.2 Å². The lowest BCUT2D eigenvalue weighted by atomic mass is 9.46. The Morgan fingerprint density at radius 2 is 2.04 bits per heavy atom. The molecule has 0 bridgehead atoms. The number of hydrogen-bond donors (Lipinski definition) is 2. The van der Waals surface area contributed by atoms with Crippen LogP contribution in [0.25, 0.3) is 0 Å². The van der Waals surface area contributed by atoms with Gasteiger partial charge in [-0.05, 0) is 65.6 Å². The van der Waals surface area contributed by atoms with Gasteiger partial charge in [0.25, 0.3) is 0 Å². The molecule has 1 aliphatic heterocycles. The minimum atomic E-state index is 0.406. The summed E-state index contributed by atoms with van der Waals surface area (Å²) in [5.74, 6) is 1.71.